The van der Waals surface area contributed by atoms with Crippen molar-refractivity contribution in [3.05, 3.63) is 118 Å². The number of methoxy groups -OCH3 is 2. The molecule has 12 heteroatoms. The van der Waals surface area contributed by atoms with Crippen LogP contribution in [-0.4, -0.2) is 58.0 Å². The van der Waals surface area contributed by atoms with Gasteiger partial charge in [-0.15, -0.1) is 0 Å². The highest BCUT2D eigenvalue weighted by Gasteiger charge is 2.36. The Morgan fingerprint density at radius 3 is 2.06 bits per heavy atom. The lowest BCUT2D eigenvalue weighted by molar-refractivity contribution is -0.140. The largest absolute Gasteiger partial charge is 0.493 e. The number of hydrogen-bond donors (Lipinski definition) is 1. The van der Waals surface area contributed by atoms with Gasteiger partial charge in [-0.05, 0) is 54.8 Å². The van der Waals surface area contributed by atoms with Crippen molar-refractivity contribution >= 4 is 50.7 Å². The van der Waals surface area contributed by atoms with Gasteiger partial charge in [-0.2, -0.15) is 0 Å². The van der Waals surface area contributed by atoms with E-state index in [2.05, 4.69) is 5.32 Å². The first-order chi connectivity index (χ1) is 23.6. The van der Waals surface area contributed by atoms with Gasteiger partial charge >= 0.3 is 0 Å². The van der Waals surface area contributed by atoms with Crippen LogP contribution in [0.1, 0.15) is 36.8 Å². The Morgan fingerprint density at radius 2 is 1.45 bits per heavy atom. The molecule has 4 aromatic rings. The highest BCUT2D eigenvalue weighted by atomic mass is 35.5. The Balaban J connectivity index is 1.62. The van der Waals surface area contributed by atoms with Crippen LogP contribution < -0.4 is 19.1 Å². The third-order valence-electron chi connectivity index (χ3n) is 8.63. The van der Waals surface area contributed by atoms with E-state index in [1.807, 2.05) is 30.3 Å². The van der Waals surface area contributed by atoms with E-state index in [0.717, 1.165) is 35.6 Å². The fraction of sp³-hybridized carbons (Fsp3) is 0.297. The van der Waals surface area contributed by atoms with Crippen LogP contribution in [0.5, 0.6) is 11.5 Å². The SMILES string of the molecule is COc1ccc(N(CC(=O)N(Cc2c(Cl)cccc2Cl)[C@@H](Cc2ccccc2)C(=O)NC2CCCC2)S(=O)(=O)c2ccccc2)cc1OC. The summed E-state index contributed by atoms with van der Waals surface area (Å²) < 4.78 is 40.5. The predicted octanol–water partition coefficient (Wildman–Crippen LogP) is 6.90. The second-order valence-corrected chi connectivity index (χ2v) is 14.5. The van der Waals surface area contributed by atoms with Crippen LogP contribution in [-0.2, 0) is 32.6 Å². The van der Waals surface area contributed by atoms with Gasteiger partial charge in [-0.3, -0.25) is 13.9 Å². The molecule has 0 radical (unpaired) electrons. The second kappa shape index (κ2) is 16.4. The summed E-state index contributed by atoms with van der Waals surface area (Å²) in [6, 6.07) is 25.8. The lowest BCUT2D eigenvalue weighted by atomic mass is 10.0. The van der Waals surface area contributed by atoms with E-state index >= 15 is 0 Å². The molecule has 2 amide bonds. The van der Waals surface area contributed by atoms with Gasteiger partial charge in [0.1, 0.15) is 12.6 Å². The van der Waals surface area contributed by atoms with Gasteiger partial charge in [-0.25, -0.2) is 8.42 Å². The summed E-state index contributed by atoms with van der Waals surface area (Å²) >= 11 is 13.2. The summed E-state index contributed by atoms with van der Waals surface area (Å²) in [6.07, 6.45) is 3.87. The zero-order valence-electron chi connectivity index (χ0n) is 27.4. The van der Waals surface area contributed by atoms with Crippen molar-refractivity contribution in [3.8, 4) is 11.5 Å². The monoisotopic (exact) mass is 723 g/mol. The zero-order chi connectivity index (χ0) is 35.0. The number of carbonyl (C=O) groups excluding carboxylic acids is 2. The molecular weight excluding hydrogens is 685 g/mol. The van der Waals surface area contributed by atoms with Crippen molar-refractivity contribution < 1.29 is 27.5 Å². The van der Waals surface area contributed by atoms with Crippen molar-refractivity contribution in [1.82, 2.24) is 10.2 Å². The van der Waals surface area contributed by atoms with Crippen LogP contribution in [0.4, 0.5) is 5.69 Å². The number of carbonyl (C=O) groups is 2. The molecule has 258 valence electrons. The molecule has 1 saturated carbocycles. The van der Waals surface area contributed by atoms with E-state index < -0.39 is 28.5 Å². The third kappa shape index (κ3) is 8.68. The van der Waals surface area contributed by atoms with E-state index in [1.54, 1.807) is 48.5 Å². The summed E-state index contributed by atoms with van der Waals surface area (Å²) in [5, 5.41) is 3.78. The van der Waals surface area contributed by atoms with E-state index in [0.29, 0.717) is 21.4 Å². The van der Waals surface area contributed by atoms with Crippen LogP contribution in [0.25, 0.3) is 0 Å². The van der Waals surface area contributed by atoms with Crippen molar-refractivity contribution in [1.29, 1.82) is 0 Å². The highest BCUT2D eigenvalue weighted by Crippen LogP contribution is 2.34. The maximum absolute atomic E-state index is 14.8. The van der Waals surface area contributed by atoms with E-state index in [4.69, 9.17) is 32.7 Å². The molecule has 5 rings (SSSR count). The molecule has 9 nitrogen and oxygen atoms in total. The van der Waals surface area contributed by atoms with Crippen molar-refractivity contribution in [2.45, 2.75) is 55.6 Å². The molecular formula is C37H39Cl2N3O6S. The first-order valence-electron chi connectivity index (χ1n) is 16.0. The Hall–Kier alpha value is -4.25. The first kappa shape index (κ1) is 36.0. The molecule has 1 aliphatic carbocycles. The van der Waals surface area contributed by atoms with Crippen molar-refractivity contribution in [2.24, 2.45) is 0 Å². The lowest BCUT2D eigenvalue weighted by Crippen LogP contribution is -2.54. The number of ether oxygens (including phenoxy) is 2. The summed E-state index contributed by atoms with van der Waals surface area (Å²) in [6.45, 7) is -0.783. The molecule has 1 fully saturated rings. The maximum atomic E-state index is 14.8. The number of nitrogens with one attached hydrogen (secondary N) is 1. The second-order valence-electron chi connectivity index (χ2n) is 11.8. The highest BCUT2D eigenvalue weighted by molar-refractivity contribution is 7.92. The average molecular weight is 725 g/mol. The minimum absolute atomic E-state index is 0.0157. The van der Waals surface area contributed by atoms with Crippen LogP contribution >= 0.6 is 23.2 Å². The van der Waals surface area contributed by atoms with Crippen LogP contribution in [0.15, 0.2) is 102 Å². The number of benzene rings is 4. The number of nitrogens with zero attached hydrogens (tertiary/aromatic N) is 2. The number of amides is 2. The smallest absolute Gasteiger partial charge is 0.264 e. The Kier molecular flexibility index (Phi) is 12.1. The third-order valence-corrected chi connectivity index (χ3v) is 11.1. The summed E-state index contributed by atoms with van der Waals surface area (Å²) in [5.74, 6) is -0.307. The molecule has 0 bridgehead atoms. The van der Waals surface area contributed by atoms with Gasteiger partial charge in [0.25, 0.3) is 10.0 Å². The number of rotatable bonds is 14. The molecule has 49 heavy (non-hydrogen) atoms. The van der Waals surface area contributed by atoms with E-state index in [-0.39, 0.29) is 41.2 Å². The number of anilines is 1. The molecule has 0 unspecified atom stereocenters. The maximum Gasteiger partial charge on any atom is 0.264 e. The fourth-order valence-electron chi connectivity index (χ4n) is 6.00. The normalized spacial score (nSPS) is 13.8. The molecule has 4 aromatic carbocycles. The van der Waals surface area contributed by atoms with E-state index in [9.17, 15) is 18.0 Å². The average Bonchev–Trinajstić information content (AvgIpc) is 3.63. The molecule has 0 spiro atoms. The number of hydrogen-bond acceptors (Lipinski definition) is 6. The minimum Gasteiger partial charge on any atom is -0.493 e. The minimum atomic E-state index is -4.30. The van der Waals surface area contributed by atoms with Crippen LogP contribution in [0, 0.1) is 0 Å². The van der Waals surface area contributed by atoms with Crippen LogP contribution in [0.3, 0.4) is 0 Å². The van der Waals surface area contributed by atoms with Crippen LogP contribution in [0.2, 0.25) is 10.0 Å². The Morgan fingerprint density at radius 1 is 0.837 bits per heavy atom. The van der Waals surface area contributed by atoms with E-state index in [1.165, 1.54) is 37.3 Å². The van der Waals surface area contributed by atoms with Gasteiger partial charge in [0.05, 0.1) is 24.8 Å². The Bertz CT molecular complexity index is 1830. The summed E-state index contributed by atoms with van der Waals surface area (Å²) in [5.41, 5.74) is 1.43. The summed E-state index contributed by atoms with van der Waals surface area (Å²) in [7, 11) is -1.39. The van der Waals surface area contributed by atoms with Gasteiger partial charge in [0.2, 0.25) is 11.8 Å². The van der Waals surface area contributed by atoms with Gasteiger partial charge in [0.15, 0.2) is 11.5 Å². The van der Waals surface area contributed by atoms with Gasteiger partial charge in [-0.1, -0.05) is 90.6 Å². The molecule has 1 aliphatic rings. The number of halogens is 2. The quantitative estimate of drug-likeness (QED) is 0.152. The van der Waals surface area contributed by atoms with Crippen molar-refractivity contribution in [2.75, 3.05) is 25.1 Å². The standard InChI is InChI=1S/C37H39Cl2N3O6S/c1-47-34-21-20-28(23-35(34)48-2)42(49(45,46)29-16-7-4-8-17-29)25-36(43)41(24-30-31(38)18-11-19-32(30)39)33(22-26-12-5-3-6-13-26)37(44)40-27-14-9-10-15-27/h3-8,11-13,16-21,23,27,33H,9-10,14-15,22,24-25H2,1-2H3,(H,40,44)/t33-/m0/s1. The first-order valence-corrected chi connectivity index (χ1v) is 18.2. The predicted molar refractivity (Wildman–Crippen MR) is 192 cm³/mol. The Labute approximate surface area is 297 Å². The molecule has 1 atom stereocenters. The lowest BCUT2D eigenvalue weighted by Gasteiger charge is -2.34. The van der Waals surface area contributed by atoms with Gasteiger partial charge < -0.3 is 19.7 Å². The van der Waals surface area contributed by atoms with Crippen molar-refractivity contribution in [3.63, 3.8) is 0 Å². The zero-order valence-corrected chi connectivity index (χ0v) is 29.7. The molecule has 1 N–H and O–H groups in total. The molecule has 0 heterocycles. The summed E-state index contributed by atoms with van der Waals surface area (Å²) in [4.78, 5) is 30.4. The molecule has 0 aliphatic heterocycles. The fourth-order valence-corrected chi connectivity index (χ4v) is 7.95. The van der Waals surface area contributed by atoms with Gasteiger partial charge in [0, 0.05) is 40.7 Å². The number of sulfonamides is 1. The topological polar surface area (TPSA) is 105 Å². The molecule has 0 aromatic heterocycles. The molecule has 0 saturated heterocycles.